The third kappa shape index (κ3) is 4.05. The minimum atomic E-state index is 1.00. The maximum absolute atomic E-state index is 6.00. The quantitative estimate of drug-likeness (QED) is 0.373. The van der Waals surface area contributed by atoms with Crippen LogP contribution in [0, 0.1) is 0 Å². The van der Waals surface area contributed by atoms with E-state index in [9.17, 15) is 0 Å². The molecule has 0 saturated carbocycles. The third-order valence-electron chi connectivity index (χ3n) is 1.08. The standard InChI is InChI=1S/C5H10O.H2O2/c1-2-4-6-5-3-1;1-2/h1-5H2;1-2H. The van der Waals surface area contributed by atoms with Gasteiger partial charge in [0, 0.05) is 13.2 Å². The van der Waals surface area contributed by atoms with Gasteiger partial charge in [-0.3, -0.25) is 10.5 Å². The van der Waals surface area contributed by atoms with Gasteiger partial charge in [0.15, 0.2) is 0 Å². The fraction of sp³-hybridized carbons (Fsp3) is 1.00. The van der Waals surface area contributed by atoms with Crippen LogP contribution in [-0.2, 0) is 4.74 Å². The van der Waals surface area contributed by atoms with Crippen LogP contribution < -0.4 is 0 Å². The summed E-state index contributed by atoms with van der Waals surface area (Å²) in [5.41, 5.74) is 0. The van der Waals surface area contributed by atoms with Crippen molar-refractivity contribution in [3.05, 3.63) is 0 Å². The molecule has 0 amide bonds. The van der Waals surface area contributed by atoms with Crippen molar-refractivity contribution in [2.75, 3.05) is 13.2 Å². The van der Waals surface area contributed by atoms with Gasteiger partial charge in [0.05, 0.1) is 0 Å². The highest BCUT2D eigenvalue weighted by Gasteiger charge is 1.94. The number of rotatable bonds is 0. The van der Waals surface area contributed by atoms with E-state index in [1.807, 2.05) is 0 Å². The van der Waals surface area contributed by atoms with Crippen LogP contribution >= 0.6 is 0 Å². The molecule has 0 aromatic rings. The van der Waals surface area contributed by atoms with E-state index >= 15 is 0 Å². The third-order valence-corrected chi connectivity index (χ3v) is 1.08. The van der Waals surface area contributed by atoms with Crippen molar-refractivity contribution < 1.29 is 15.3 Å². The lowest BCUT2D eigenvalue weighted by Gasteiger charge is -2.08. The number of hydrogen-bond donors (Lipinski definition) is 2. The first-order chi connectivity index (χ1) is 4.00. The largest absolute Gasteiger partial charge is 0.381 e. The van der Waals surface area contributed by atoms with Gasteiger partial charge >= 0.3 is 0 Å². The Labute approximate surface area is 48.8 Å². The molecule has 1 aliphatic rings. The van der Waals surface area contributed by atoms with E-state index in [1.165, 1.54) is 19.3 Å². The molecule has 1 saturated heterocycles. The Balaban J connectivity index is 0.000000222. The van der Waals surface area contributed by atoms with Crippen LogP contribution in [0.2, 0.25) is 0 Å². The normalized spacial score (nSPS) is 18.8. The Morgan fingerprint density at radius 1 is 0.875 bits per heavy atom. The minimum Gasteiger partial charge on any atom is -0.381 e. The van der Waals surface area contributed by atoms with Gasteiger partial charge < -0.3 is 4.74 Å². The second-order valence-corrected chi connectivity index (χ2v) is 1.67. The molecule has 0 unspecified atom stereocenters. The molecule has 50 valence electrons. The molecule has 0 aromatic carbocycles. The average Bonchev–Trinajstić information content (AvgIpc) is 1.96. The smallest absolute Gasteiger partial charge is 0.0466 e. The summed E-state index contributed by atoms with van der Waals surface area (Å²) in [6.45, 7) is 2.00. The van der Waals surface area contributed by atoms with Crippen LogP contribution in [0.4, 0.5) is 0 Å². The Bertz CT molecular complexity index is 23.1. The molecule has 0 spiro atoms. The van der Waals surface area contributed by atoms with E-state index in [0.717, 1.165) is 13.2 Å². The van der Waals surface area contributed by atoms with E-state index in [-0.39, 0.29) is 0 Å². The Morgan fingerprint density at radius 3 is 1.50 bits per heavy atom. The number of hydrogen-bond acceptors (Lipinski definition) is 3. The van der Waals surface area contributed by atoms with Crippen LogP contribution in [0.3, 0.4) is 0 Å². The van der Waals surface area contributed by atoms with Crippen LogP contribution in [-0.4, -0.2) is 23.7 Å². The van der Waals surface area contributed by atoms with Gasteiger partial charge in [-0.15, -0.1) is 0 Å². The van der Waals surface area contributed by atoms with Crippen molar-refractivity contribution in [2.45, 2.75) is 19.3 Å². The molecule has 1 heterocycles. The van der Waals surface area contributed by atoms with Crippen molar-refractivity contribution in [2.24, 2.45) is 0 Å². The lowest BCUT2D eigenvalue weighted by molar-refractivity contribution is -0.176. The van der Waals surface area contributed by atoms with Gasteiger partial charge in [0.25, 0.3) is 0 Å². The predicted octanol–water partition coefficient (Wildman–Crippen LogP) is 1.20. The molecule has 0 radical (unpaired) electrons. The minimum absolute atomic E-state index is 1.00. The maximum Gasteiger partial charge on any atom is 0.0466 e. The van der Waals surface area contributed by atoms with E-state index in [2.05, 4.69) is 0 Å². The van der Waals surface area contributed by atoms with Crippen molar-refractivity contribution in [1.82, 2.24) is 0 Å². The van der Waals surface area contributed by atoms with Gasteiger partial charge in [-0.2, -0.15) is 0 Å². The van der Waals surface area contributed by atoms with E-state index in [4.69, 9.17) is 15.3 Å². The molecule has 2 N–H and O–H groups in total. The van der Waals surface area contributed by atoms with Crippen molar-refractivity contribution in [3.63, 3.8) is 0 Å². The summed E-state index contributed by atoms with van der Waals surface area (Å²) in [5.74, 6) is 0. The fourth-order valence-corrected chi connectivity index (χ4v) is 0.687. The zero-order valence-corrected chi connectivity index (χ0v) is 4.84. The molecule has 0 aliphatic carbocycles. The highest BCUT2D eigenvalue weighted by atomic mass is 17.0. The first-order valence-corrected chi connectivity index (χ1v) is 2.78. The van der Waals surface area contributed by atoms with Crippen molar-refractivity contribution >= 4 is 0 Å². The summed E-state index contributed by atoms with van der Waals surface area (Å²) in [7, 11) is 0. The summed E-state index contributed by atoms with van der Waals surface area (Å²) in [6.07, 6.45) is 3.93. The molecule has 0 aromatic heterocycles. The first-order valence-electron chi connectivity index (χ1n) is 2.78. The van der Waals surface area contributed by atoms with Gasteiger partial charge in [0.1, 0.15) is 0 Å². The average molecular weight is 120 g/mol. The predicted molar refractivity (Wildman–Crippen MR) is 29.9 cm³/mol. The van der Waals surface area contributed by atoms with Crippen LogP contribution in [0.15, 0.2) is 0 Å². The molecule has 1 fully saturated rings. The SMILES string of the molecule is C1CCOCC1.OO. The second kappa shape index (κ2) is 6.88. The summed E-state index contributed by atoms with van der Waals surface area (Å²) in [6, 6.07) is 0. The first kappa shape index (κ1) is 7.88. The summed E-state index contributed by atoms with van der Waals surface area (Å²) < 4.78 is 5.07. The summed E-state index contributed by atoms with van der Waals surface area (Å²) in [4.78, 5) is 0. The Morgan fingerprint density at radius 2 is 1.38 bits per heavy atom. The Kier molecular flexibility index (Phi) is 6.78. The Hall–Kier alpha value is -0.120. The second-order valence-electron chi connectivity index (χ2n) is 1.67. The van der Waals surface area contributed by atoms with Crippen LogP contribution in [0.25, 0.3) is 0 Å². The van der Waals surface area contributed by atoms with E-state index in [0.29, 0.717) is 0 Å². The van der Waals surface area contributed by atoms with Crippen molar-refractivity contribution in [1.29, 1.82) is 0 Å². The molecule has 1 aliphatic heterocycles. The molecule has 8 heavy (non-hydrogen) atoms. The molecule has 0 bridgehead atoms. The summed E-state index contributed by atoms with van der Waals surface area (Å²) in [5, 5.41) is 12.0. The fourth-order valence-electron chi connectivity index (χ4n) is 0.687. The van der Waals surface area contributed by atoms with Crippen LogP contribution in [0.5, 0.6) is 0 Å². The molecule has 3 nitrogen and oxygen atoms in total. The molecule has 0 atom stereocenters. The lowest BCUT2D eigenvalue weighted by atomic mass is 10.2. The number of ether oxygens (including phenoxy) is 1. The monoisotopic (exact) mass is 120 g/mol. The van der Waals surface area contributed by atoms with Gasteiger partial charge in [0.2, 0.25) is 0 Å². The lowest BCUT2D eigenvalue weighted by Crippen LogP contribution is -2.03. The summed E-state index contributed by atoms with van der Waals surface area (Å²) >= 11 is 0. The molecule has 1 rings (SSSR count). The van der Waals surface area contributed by atoms with E-state index in [1.54, 1.807) is 0 Å². The molecular formula is C5H12O3. The topological polar surface area (TPSA) is 49.7 Å². The van der Waals surface area contributed by atoms with Crippen LogP contribution in [0.1, 0.15) is 19.3 Å². The zero-order chi connectivity index (χ0) is 6.24. The zero-order valence-electron chi connectivity index (χ0n) is 4.84. The van der Waals surface area contributed by atoms with E-state index < -0.39 is 0 Å². The van der Waals surface area contributed by atoms with Crippen molar-refractivity contribution in [3.8, 4) is 0 Å². The highest BCUT2D eigenvalue weighted by molar-refractivity contribution is 4.45. The van der Waals surface area contributed by atoms with Gasteiger partial charge in [-0.25, -0.2) is 0 Å². The maximum atomic E-state index is 6.00. The molecule has 3 heteroatoms. The van der Waals surface area contributed by atoms with Gasteiger partial charge in [-0.05, 0) is 19.3 Å². The van der Waals surface area contributed by atoms with Gasteiger partial charge in [-0.1, -0.05) is 0 Å². The molecular weight excluding hydrogens is 108 g/mol. The highest BCUT2D eigenvalue weighted by Crippen LogP contribution is 2.01.